The Morgan fingerprint density at radius 3 is 2.64 bits per heavy atom. The summed E-state index contributed by atoms with van der Waals surface area (Å²) in [6.45, 7) is 2.15. The largest absolute Gasteiger partial charge is 0.250 e. The molecule has 0 aliphatic rings. The van der Waals surface area contributed by atoms with Gasteiger partial charge in [-0.25, -0.2) is 4.21 Å². The first kappa shape index (κ1) is 11.2. The molecule has 0 saturated heterocycles. The lowest BCUT2D eigenvalue weighted by molar-refractivity contribution is 0.688. The fraction of sp³-hybridized carbons (Fsp3) is 0.333. The third-order valence-electron chi connectivity index (χ3n) is 1.92. The van der Waals surface area contributed by atoms with Gasteiger partial charge in [0.2, 0.25) is 0 Å². The van der Waals surface area contributed by atoms with Crippen LogP contribution in [0, 0.1) is 0 Å². The van der Waals surface area contributed by atoms with Crippen LogP contribution in [0.15, 0.2) is 46.7 Å². The van der Waals surface area contributed by atoms with E-state index in [0.29, 0.717) is 0 Å². The maximum absolute atomic E-state index is 11.6. The van der Waals surface area contributed by atoms with Gasteiger partial charge in [0.05, 0.1) is 10.8 Å². The number of allylic oxidation sites excluding steroid dienone is 1. The Labute approximate surface area is 88.3 Å². The van der Waals surface area contributed by atoms with E-state index in [1.165, 1.54) is 12.8 Å². The second kappa shape index (κ2) is 6.55. The quantitative estimate of drug-likeness (QED) is 0.677. The summed E-state index contributed by atoms with van der Waals surface area (Å²) in [7, 11) is -0.967. The first-order chi connectivity index (χ1) is 6.84. The summed E-state index contributed by atoms with van der Waals surface area (Å²) in [5.74, 6) is 0. The van der Waals surface area contributed by atoms with Gasteiger partial charge in [-0.05, 0) is 18.6 Å². The lowest BCUT2D eigenvalue weighted by Crippen LogP contribution is -1.84. The normalized spacial score (nSPS) is 13.2. The molecule has 0 fully saturated rings. The Bertz CT molecular complexity index is 303. The molecule has 1 rings (SSSR count). The molecule has 1 aromatic rings. The molecule has 0 aromatic heterocycles. The van der Waals surface area contributed by atoms with Gasteiger partial charge in [-0.3, -0.25) is 0 Å². The molecular weight excluding hydrogens is 192 g/mol. The topological polar surface area (TPSA) is 17.1 Å². The average Bonchev–Trinajstić information content (AvgIpc) is 2.25. The minimum atomic E-state index is -0.967. The van der Waals surface area contributed by atoms with Crippen molar-refractivity contribution in [3.05, 3.63) is 41.8 Å². The average molecular weight is 208 g/mol. The van der Waals surface area contributed by atoms with E-state index in [1.54, 1.807) is 5.41 Å². The molecule has 1 nitrogen and oxygen atoms in total. The molecule has 1 aromatic carbocycles. The van der Waals surface area contributed by atoms with E-state index in [-0.39, 0.29) is 0 Å². The fourth-order valence-electron chi connectivity index (χ4n) is 1.11. The maximum atomic E-state index is 11.6. The minimum absolute atomic E-state index is 0.875. The third kappa shape index (κ3) is 3.88. The van der Waals surface area contributed by atoms with Crippen LogP contribution >= 0.6 is 0 Å². The van der Waals surface area contributed by atoms with E-state index in [9.17, 15) is 4.21 Å². The zero-order valence-electron chi connectivity index (χ0n) is 8.48. The monoisotopic (exact) mass is 208 g/mol. The summed E-state index contributed by atoms with van der Waals surface area (Å²) in [4.78, 5) is 0.875. The van der Waals surface area contributed by atoms with Crippen LogP contribution in [-0.2, 0) is 10.8 Å². The first-order valence-electron chi connectivity index (χ1n) is 4.97. The second-order valence-corrected chi connectivity index (χ2v) is 4.46. The Balaban J connectivity index is 2.47. The number of hydrogen-bond acceptors (Lipinski definition) is 1. The van der Waals surface area contributed by atoms with Crippen molar-refractivity contribution in [3.63, 3.8) is 0 Å². The molecule has 0 radical (unpaired) electrons. The van der Waals surface area contributed by atoms with Crippen LogP contribution in [0.4, 0.5) is 0 Å². The van der Waals surface area contributed by atoms with Crippen LogP contribution in [0.1, 0.15) is 26.2 Å². The highest BCUT2D eigenvalue weighted by atomic mass is 32.2. The van der Waals surface area contributed by atoms with Gasteiger partial charge >= 0.3 is 0 Å². The Morgan fingerprint density at radius 2 is 2.00 bits per heavy atom. The van der Waals surface area contributed by atoms with Crippen molar-refractivity contribution in [3.8, 4) is 0 Å². The van der Waals surface area contributed by atoms with Crippen molar-refractivity contribution >= 4 is 10.8 Å². The molecule has 1 atom stereocenters. The molecule has 2 heteroatoms. The zero-order valence-corrected chi connectivity index (χ0v) is 9.30. The van der Waals surface area contributed by atoms with Crippen LogP contribution in [0.5, 0.6) is 0 Å². The van der Waals surface area contributed by atoms with Crippen molar-refractivity contribution in [2.24, 2.45) is 0 Å². The van der Waals surface area contributed by atoms with E-state index in [1.807, 2.05) is 36.4 Å². The van der Waals surface area contributed by atoms with Gasteiger partial charge in [-0.2, -0.15) is 0 Å². The fourth-order valence-corrected chi connectivity index (χ4v) is 2.00. The highest BCUT2D eigenvalue weighted by molar-refractivity contribution is 7.88. The predicted molar refractivity (Wildman–Crippen MR) is 61.5 cm³/mol. The number of unbranched alkanes of at least 4 members (excludes halogenated alkanes) is 2. The van der Waals surface area contributed by atoms with Gasteiger partial charge in [-0.1, -0.05) is 44.0 Å². The van der Waals surface area contributed by atoms with E-state index in [4.69, 9.17) is 0 Å². The molecular formula is C12H16OS. The molecule has 0 aliphatic heterocycles. The number of rotatable bonds is 5. The van der Waals surface area contributed by atoms with Crippen molar-refractivity contribution in [1.82, 2.24) is 0 Å². The summed E-state index contributed by atoms with van der Waals surface area (Å²) in [5, 5.41) is 1.78. The van der Waals surface area contributed by atoms with Crippen molar-refractivity contribution < 1.29 is 4.21 Å². The van der Waals surface area contributed by atoms with Gasteiger partial charge in [-0.15, -0.1) is 0 Å². The first-order valence-corrected chi connectivity index (χ1v) is 6.18. The summed E-state index contributed by atoms with van der Waals surface area (Å²) < 4.78 is 11.6. The van der Waals surface area contributed by atoms with Gasteiger partial charge < -0.3 is 0 Å². The molecule has 0 N–H and O–H groups in total. The molecule has 0 bridgehead atoms. The van der Waals surface area contributed by atoms with Crippen molar-refractivity contribution in [1.29, 1.82) is 0 Å². The van der Waals surface area contributed by atoms with E-state index < -0.39 is 10.8 Å². The maximum Gasteiger partial charge on any atom is 0.0772 e. The Morgan fingerprint density at radius 1 is 1.29 bits per heavy atom. The zero-order chi connectivity index (χ0) is 10.2. The van der Waals surface area contributed by atoms with Crippen LogP contribution in [0.2, 0.25) is 0 Å². The van der Waals surface area contributed by atoms with Crippen LogP contribution in [0.3, 0.4) is 0 Å². The Hall–Kier alpha value is -0.890. The molecule has 14 heavy (non-hydrogen) atoms. The predicted octanol–water partition coefficient (Wildman–Crippen LogP) is 3.50. The molecule has 0 heterocycles. The van der Waals surface area contributed by atoms with E-state index >= 15 is 0 Å². The molecule has 76 valence electrons. The van der Waals surface area contributed by atoms with Crippen molar-refractivity contribution in [2.75, 3.05) is 0 Å². The van der Waals surface area contributed by atoms with Gasteiger partial charge in [0, 0.05) is 10.3 Å². The summed E-state index contributed by atoms with van der Waals surface area (Å²) in [5.41, 5.74) is 0. The van der Waals surface area contributed by atoms with Gasteiger partial charge in [0.15, 0.2) is 0 Å². The lowest BCUT2D eigenvalue weighted by Gasteiger charge is -1.94. The highest BCUT2D eigenvalue weighted by Crippen LogP contribution is 2.07. The Kier molecular flexibility index (Phi) is 5.23. The standard InChI is InChI=1S/C12H16OS/c1-2-3-4-8-11-14(13)12-9-6-5-7-10-12/h5-11H,2-4H2,1H3/b11-8+. The molecule has 0 spiro atoms. The van der Waals surface area contributed by atoms with Crippen LogP contribution in [-0.4, -0.2) is 4.21 Å². The smallest absolute Gasteiger partial charge is 0.0772 e. The number of hydrogen-bond donors (Lipinski definition) is 0. The van der Waals surface area contributed by atoms with Crippen LogP contribution in [0.25, 0.3) is 0 Å². The van der Waals surface area contributed by atoms with E-state index in [2.05, 4.69) is 6.92 Å². The van der Waals surface area contributed by atoms with Crippen LogP contribution < -0.4 is 0 Å². The molecule has 0 aliphatic carbocycles. The number of benzene rings is 1. The second-order valence-electron chi connectivity index (χ2n) is 3.12. The van der Waals surface area contributed by atoms with Gasteiger partial charge in [0.1, 0.15) is 0 Å². The SMILES string of the molecule is CCCC/C=C/S(=O)c1ccccc1. The van der Waals surface area contributed by atoms with Crippen molar-refractivity contribution in [2.45, 2.75) is 31.1 Å². The lowest BCUT2D eigenvalue weighted by atomic mass is 10.2. The molecule has 1 unspecified atom stereocenters. The molecule has 0 amide bonds. The van der Waals surface area contributed by atoms with Gasteiger partial charge in [0.25, 0.3) is 0 Å². The third-order valence-corrected chi connectivity index (χ3v) is 3.10. The minimum Gasteiger partial charge on any atom is -0.250 e. The molecule has 0 saturated carbocycles. The summed E-state index contributed by atoms with van der Waals surface area (Å²) in [6, 6.07) is 9.53. The summed E-state index contributed by atoms with van der Waals surface area (Å²) >= 11 is 0. The highest BCUT2D eigenvalue weighted by Gasteiger charge is 1.95. The summed E-state index contributed by atoms with van der Waals surface area (Å²) in [6.07, 6.45) is 5.38. The van der Waals surface area contributed by atoms with E-state index in [0.717, 1.165) is 11.3 Å².